The largest absolute Gasteiger partial charge is 0.357 e. The first kappa shape index (κ1) is 25.1. The first-order chi connectivity index (χ1) is 14.6. The third-order valence-electron chi connectivity index (χ3n) is 5.29. The number of aromatic nitrogens is 1. The minimum atomic E-state index is 0. The van der Waals surface area contributed by atoms with Crippen LogP contribution < -0.4 is 10.6 Å². The molecule has 0 atom stereocenters. The monoisotopic (exact) mass is 535 g/mol. The molecule has 7 heteroatoms. The third-order valence-corrected chi connectivity index (χ3v) is 5.29. The molecule has 0 saturated carbocycles. The predicted molar refractivity (Wildman–Crippen MR) is 137 cm³/mol. The molecule has 1 aliphatic rings. The topological polar surface area (TPSA) is 69.6 Å². The van der Waals surface area contributed by atoms with Gasteiger partial charge in [-0.1, -0.05) is 38.1 Å². The van der Waals surface area contributed by atoms with Gasteiger partial charge < -0.3 is 15.5 Å². The highest BCUT2D eigenvalue weighted by atomic mass is 127. The number of carbonyl (C=O) groups excluding carboxylic acids is 1. The molecule has 2 heterocycles. The molecule has 2 aromatic rings. The highest BCUT2D eigenvalue weighted by Crippen LogP contribution is 2.18. The molecule has 1 amide bonds. The first-order valence-corrected chi connectivity index (χ1v) is 10.9. The number of benzene rings is 1. The van der Waals surface area contributed by atoms with Gasteiger partial charge >= 0.3 is 0 Å². The van der Waals surface area contributed by atoms with Crippen LogP contribution in [0.4, 0.5) is 0 Å². The zero-order valence-electron chi connectivity index (χ0n) is 18.7. The fraction of sp³-hybridized carbons (Fsp3) is 0.458. The van der Waals surface area contributed by atoms with E-state index in [2.05, 4.69) is 46.8 Å². The van der Waals surface area contributed by atoms with Gasteiger partial charge in [0.15, 0.2) is 5.96 Å². The Morgan fingerprint density at radius 1 is 1.19 bits per heavy atom. The Balaban J connectivity index is 0.00000341. The highest BCUT2D eigenvalue weighted by molar-refractivity contribution is 14.0. The van der Waals surface area contributed by atoms with Crippen molar-refractivity contribution in [1.82, 2.24) is 20.5 Å². The smallest absolute Gasteiger partial charge is 0.225 e. The summed E-state index contributed by atoms with van der Waals surface area (Å²) in [7, 11) is 0. The number of nitrogens with zero attached hydrogens (tertiary/aromatic N) is 3. The predicted octanol–water partition coefficient (Wildman–Crippen LogP) is 4.07. The van der Waals surface area contributed by atoms with E-state index >= 15 is 0 Å². The van der Waals surface area contributed by atoms with E-state index in [1.165, 1.54) is 0 Å². The fourth-order valence-corrected chi connectivity index (χ4v) is 3.66. The maximum absolute atomic E-state index is 12.2. The average Bonchev–Trinajstić information content (AvgIpc) is 2.78. The number of pyridine rings is 1. The molecule has 1 aromatic heterocycles. The average molecular weight is 535 g/mol. The third kappa shape index (κ3) is 7.48. The number of hydrogen-bond acceptors (Lipinski definition) is 3. The van der Waals surface area contributed by atoms with Crippen LogP contribution in [0.5, 0.6) is 0 Å². The molecule has 2 N–H and O–H groups in total. The number of piperidine rings is 1. The first-order valence-electron chi connectivity index (χ1n) is 10.9. The fourth-order valence-electron chi connectivity index (χ4n) is 3.66. The van der Waals surface area contributed by atoms with Crippen molar-refractivity contribution in [1.29, 1.82) is 0 Å². The van der Waals surface area contributed by atoms with E-state index in [4.69, 9.17) is 4.99 Å². The summed E-state index contributed by atoms with van der Waals surface area (Å²) in [5.41, 5.74) is 3.22. The van der Waals surface area contributed by atoms with Gasteiger partial charge in [-0.2, -0.15) is 0 Å². The Bertz CT molecular complexity index is 848. The van der Waals surface area contributed by atoms with Crippen LogP contribution in [0.2, 0.25) is 0 Å². The van der Waals surface area contributed by atoms with Crippen molar-refractivity contribution in [3.63, 3.8) is 0 Å². The number of hydrogen-bond donors (Lipinski definition) is 2. The number of nitrogens with one attached hydrogen (secondary N) is 2. The lowest BCUT2D eigenvalue weighted by atomic mass is 10.0. The van der Waals surface area contributed by atoms with Gasteiger partial charge in [-0.05, 0) is 43.5 Å². The number of aliphatic imine (C=N–C) groups is 1. The van der Waals surface area contributed by atoms with Gasteiger partial charge in [-0.15, -0.1) is 24.0 Å². The Morgan fingerprint density at radius 3 is 2.61 bits per heavy atom. The van der Waals surface area contributed by atoms with Gasteiger partial charge in [0.05, 0.1) is 12.2 Å². The summed E-state index contributed by atoms with van der Waals surface area (Å²) in [4.78, 5) is 23.4. The van der Waals surface area contributed by atoms with Crippen molar-refractivity contribution in [3.8, 4) is 11.3 Å². The summed E-state index contributed by atoms with van der Waals surface area (Å²) in [6.07, 6.45) is 3.70. The molecule has 6 nitrogen and oxygen atoms in total. The van der Waals surface area contributed by atoms with E-state index in [-0.39, 0.29) is 35.8 Å². The van der Waals surface area contributed by atoms with E-state index in [0.29, 0.717) is 12.6 Å². The number of likely N-dealkylation sites (tertiary alicyclic amines) is 1. The van der Waals surface area contributed by atoms with Gasteiger partial charge in [0.2, 0.25) is 5.91 Å². The Kier molecular flexibility index (Phi) is 10.2. The summed E-state index contributed by atoms with van der Waals surface area (Å²) in [5, 5.41) is 6.90. The molecule has 3 rings (SSSR count). The second kappa shape index (κ2) is 12.6. The van der Waals surface area contributed by atoms with Gasteiger partial charge in [-0.3, -0.25) is 9.78 Å². The summed E-state index contributed by atoms with van der Waals surface area (Å²) in [6, 6.07) is 14.6. The van der Waals surface area contributed by atoms with Crippen LogP contribution in [0.15, 0.2) is 53.7 Å². The second-order valence-electron chi connectivity index (χ2n) is 8.01. The van der Waals surface area contributed by atoms with Crippen LogP contribution in [0.3, 0.4) is 0 Å². The number of rotatable bonds is 6. The van der Waals surface area contributed by atoms with E-state index in [0.717, 1.165) is 55.3 Å². The molecule has 0 radical (unpaired) electrons. The van der Waals surface area contributed by atoms with Gasteiger partial charge in [0, 0.05) is 43.4 Å². The number of carbonyl (C=O) groups is 1. The van der Waals surface area contributed by atoms with Crippen molar-refractivity contribution < 1.29 is 4.79 Å². The highest BCUT2D eigenvalue weighted by Gasteiger charge is 2.24. The van der Waals surface area contributed by atoms with E-state index < -0.39 is 0 Å². The summed E-state index contributed by atoms with van der Waals surface area (Å²) in [5.74, 6) is 1.14. The Hall–Kier alpha value is -2.16. The molecule has 31 heavy (non-hydrogen) atoms. The molecule has 0 aliphatic carbocycles. The van der Waals surface area contributed by atoms with Crippen LogP contribution in [0, 0.1) is 5.92 Å². The molecule has 0 unspecified atom stereocenters. The van der Waals surface area contributed by atoms with Gasteiger partial charge in [-0.25, -0.2) is 4.99 Å². The number of halogens is 1. The minimum absolute atomic E-state index is 0. The van der Waals surface area contributed by atoms with Crippen LogP contribution >= 0.6 is 24.0 Å². The SMILES string of the molecule is CCNC(=NCc1cccc(-c2ccccn2)c1)NC1CCN(C(=O)C(C)C)CC1.I. The molecular weight excluding hydrogens is 501 g/mol. The summed E-state index contributed by atoms with van der Waals surface area (Å²) < 4.78 is 0. The quantitative estimate of drug-likeness (QED) is 0.333. The normalized spacial score (nSPS) is 14.8. The zero-order chi connectivity index (χ0) is 21.3. The van der Waals surface area contributed by atoms with Crippen molar-refractivity contribution >= 4 is 35.8 Å². The lowest BCUT2D eigenvalue weighted by molar-refractivity contribution is -0.135. The standard InChI is InChI=1S/C24H33N5O.HI/c1-4-25-24(28-21-11-14-29(15-12-21)23(30)18(2)3)27-17-19-8-7-9-20(16-19)22-10-5-6-13-26-22;/h5-10,13,16,18,21H,4,11-12,14-15,17H2,1-3H3,(H2,25,27,28);1H. The van der Waals surface area contributed by atoms with Gasteiger partial charge in [0.25, 0.3) is 0 Å². The van der Waals surface area contributed by atoms with Gasteiger partial charge in [0.1, 0.15) is 0 Å². The van der Waals surface area contributed by atoms with Crippen molar-refractivity contribution in [3.05, 3.63) is 54.2 Å². The summed E-state index contributed by atoms with van der Waals surface area (Å²) in [6.45, 7) is 9.02. The molecule has 1 aromatic carbocycles. The van der Waals surface area contributed by atoms with Crippen LogP contribution in [0.1, 0.15) is 39.2 Å². The second-order valence-corrected chi connectivity index (χ2v) is 8.01. The van der Waals surface area contributed by atoms with Crippen LogP contribution in [-0.2, 0) is 11.3 Å². The van der Waals surface area contributed by atoms with E-state index in [1.807, 2.05) is 43.1 Å². The maximum Gasteiger partial charge on any atom is 0.225 e. The lowest BCUT2D eigenvalue weighted by Gasteiger charge is -2.34. The molecule has 1 aliphatic heterocycles. The van der Waals surface area contributed by atoms with Crippen LogP contribution in [0.25, 0.3) is 11.3 Å². The lowest BCUT2D eigenvalue weighted by Crippen LogP contribution is -2.50. The minimum Gasteiger partial charge on any atom is -0.357 e. The molecule has 0 spiro atoms. The van der Waals surface area contributed by atoms with Crippen molar-refractivity contribution in [2.24, 2.45) is 10.9 Å². The van der Waals surface area contributed by atoms with Crippen molar-refractivity contribution in [2.45, 2.75) is 46.2 Å². The van der Waals surface area contributed by atoms with Crippen LogP contribution in [-0.4, -0.2) is 47.4 Å². The molecule has 168 valence electrons. The van der Waals surface area contributed by atoms with E-state index in [1.54, 1.807) is 0 Å². The molecular formula is C24H34IN5O. The Morgan fingerprint density at radius 2 is 1.97 bits per heavy atom. The van der Waals surface area contributed by atoms with E-state index in [9.17, 15) is 4.79 Å². The maximum atomic E-state index is 12.2. The number of amides is 1. The molecule has 1 fully saturated rings. The molecule has 1 saturated heterocycles. The Labute approximate surface area is 203 Å². The number of guanidine groups is 1. The van der Waals surface area contributed by atoms with Crippen molar-refractivity contribution in [2.75, 3.05) is 19.6 Å². The molecule has 0 bridgehead atoms. The summed E-state index contributed by atoms with van der Waals surface area (Å²) >= 11 is 0. The zero-order valence-corrected chi connectivity index (χ0v) is 21.0.